The van der Waals surface area contributed by atoms with Gasteiger partial charge in [-0.3, -0.25) is 4.79 Å². The number of carbonyl (C=O) groups excluding carboxylic acids is 1. The lowest BCUT2D eigenvalue weighted by Crippen LogP contribution is -2.34. The molecule has 1 atom stereocenters. The molecule has 1 amide bonds. The van der Waals surface area contributed by atoms with Crippen LogP contribution in [0.3, 0.4) is 0 Å². The number of carbonyl (C=O) groups is 1. The summed E-state index contributed by atoms with van der Waals surface area (Å²) in [6, 6.07) is 15.9. The number of nitrogens with zero attached hydrogens (tertiary/aromatic N) is 1. The Morgan fingerprint density at radius 2 is 1.96 bits per heavy atom. The Morgan fingerprint density at radius 1 is 1.19 bits per heavy atom. The van der Waals surface area contributed by atoms with Crippen molar-refractivity contribution in [3.8, 4) is 0 Å². The fourth-order valence-corrected chi connectivity index (χ4v) is 3.36. The van der Waals surface area contributed by atoms with Gasteiger partial charge < -0.3 is 10.2 Å². The molecule has 0 bridgehead atoms. The number of benzene rings is 2. The molecule has 0 spiro atoms. The summed E-state index contributed by atoms with van der Waals surface area (Å²) in [4.78, 5) is 17.7. The van der Waals surface area contributed by atoms with Crippen molar-refractivity contribution < 1.29 is 18.0 Å². The molecule has 0 aromatic heterocycles. The van der Waals surface area contributed by atoms with E-state index >= 15 is 0 Å². The molecule has 3 rings (SSSR count). The van der Waals surface area contributed by atoms with E-state index in [9.17, 15) is 13.2 Å². The van der Waals surface area contributed by atoms with Crippen molar-refractivity contribution in [2.45, 2.75) is 24.0 Å². The molecular weight excluding hydrogens is 354 g/mol. The summed E-state index contributed by atoms with van der Waals surface area (Å²) < 4.78 is 25.9. The van der Waals surface area contributed by atoms with Crippen LogP contribution in [0.2, 0.25) is 0 Å². The molecule has 1 aliphatic rings. The van der Waals surface area contributed by atoms with Crippen LogP contribution in [-0.2, 0) is 26.2 Å². The first-order chi connectivity index (χ1) is 12.5. The molecule has 8 heteroatoms. The van der Waals surface area contributed by atoms with Crippen LogP contribution in [0.1, 0.15) is 17.5 Å². The average Bonchev–Trinajstić information content (AvgIpc) is 3.17. The minimum absolute atomic E-state index is 0.151. The maximum Gasteiger partial charge on any atom is 0.264 e. The topological polar surface area (TPSA) is 96.9 Å². The van der Waals surface area contributed by atoms with Crippen molar-refractivity contribution in [1.82, 2.24) is 10.0 Å². The van der Waals surface area contributed by atoms with Crippen LogP contribution in [0.15, 0.2) is 64.6 Å². The molecule has 7 nitrogen and oxygen atoms in total. The van der Waals surface area contributed by atoms with E-state index in [0.717, 1.165) is 11.3 Å². The van der Waals surface area contributed by atoms with Crippen LogP contribution in [0.25, 0.3) is 0 Å². The third-order valence-corrected chi connectivity index (χ3v) is 5.42. The van der Waals surface area contributed by atoms with Crippen molar-refractivity contribution in [2.24, 2.45) is 5.16 Å². The second-order valence-corrected chi connectivity index (χ2v) is 7.66. The molecule has 0 radical (unpaired) electrons. The summed E-state index contributed by atoms with van der Waals surface area (Å²) in [5.74, 6) is -0.290. The van der Waals surface area contributed by atoms with E-state index in [2.05, 4.69) is 15.2 Å². The predicted molar refractivity (Wildman–Crippen MR) is 97.0 cm³/mol. The van der Waals surface area contributed by atoms with E-state index in [1.165, 1.54) is 19.2 Å². The normalized spacial score (nSPS) is 16.7. The van der Waals surface area contributed by atoms with Crippen molar-refractivity contribution in [3.63, 3.8) is 0 Å². The lowest BCUT2D eigenvalue weighted by atomic mass is 10.0. The lowest BCUT2D eigenvalue weighted by Gasteiger charge is -2.10. The molecule has 0 fully saturated rings. The second kappa shape index (κ2) is 7.67. The summed E-state index contributed by atoms with van der Waals surface area (Å²) in [5, 5.41) is 6.75. The highest BCUT2D eigenvalue weighted by atomic mass is 32.2. The molecule has 26 heavy (non-hydrogen) atoms. The number of amides is 1. The maximum atomic E-state index is 12.3. The van der Waals surface area contributed by atoms with E-state index in [0.29, 0.717) is 12.0 Å². The van der Waals surface area contributed by atoms with Crippen molar-refractivity contribution in [2.75, 3.05) is 7.05 Å². The van der Waals surface area contributed by atoms with Crippen LogP contribution in [0.4, 0.5) is 0 Å². The quantitative estimate of drug-likeness (QED) is 0.800. The molecule has 0 aliphatic carbocycles. The highest BCUT2D eigenvalue weighted by Gasteiger charge is 2.28. The summed E-state index contributed by atoms with van der Waals surface area (Å²) in [6.45, 7) is 0.201. The first-order valence-electron chi connectivity index (χ1n) is 8.08. The molecule has 1 heterocycles. The number of rotatable bonds is 6. The molecular formula is C18H19N3O4S. The standard InChI is InChI=1S/C18H19N3O4S/c1-19-26(23,24)15-9-5-6-13(10-15)12-20-18(22)17-11-16(21-25-17)14-7-3-2-4-8-14/h2-10,17,19H,11-12H2,1H3,(H,20,22)/t17-/m1/s1. The number of hydrogen-bond acceptors (Lipinski definition) is 5. The van der Waals surface area contributed by atoms with Gasteiger partial charge in [0.05, 0.1) is 10.6 Å². The first kappa shape index (κ1) is 18.1. The predicted octanol–water partition coefficient (Wildman–Crippen LogP) is 1.40. The molecule has 2 aromatic rings. The Balaban J connectivity index is 1.58. The average molecular weight is 373 g/mol. The lowest BCUT2D eigenvalue weighted by molar-refractivity contribution is -0.131. The van der Waals surface area contributed by atoms with E-state index in [4.69, 9.17) is 4.84 Å². The Bertz CT molecular complexity index is 926. The number of oxime groups is 1. The van der Waals surface area contributed by atoms with Gasteiger partial charge in [0.2, 0.25) is 16.1 Å². The monoisotopic (exact) mass is 373 g/mol. The molecule has 2 N–H and O–H groups in total. The second-order valence-electron chi connectivity index (χ2n) is 5.77. The van der Waals surface area contributed by atoms with Crippen LogP contribution in [0, 0.1) is 0 Å². The Morgan fingerprint density at radius 3 is 2.69 bits per heavy atom. The molecule has 2 aromatic carbocycles. The van der Waals surface area contributed by atoms with Crippen LogP contribution >= 0.6 is 0 Å². The van der Waals surface area contributed by atoms with Gasteiger partial charge >= 0.3 is 0 Å². The van der Waals surface area contributed by atoms with Gasteiger partial charge in [-0.05, 0) is 30.3 Å². The molecule has 1 aliphatic heterocycles. The highest BCUT2D eigenvalue weighted by molar-refractivity contribution is 7.89. The largest absolute Gasteiger partial charge is 0.382 e. The first-order valence-corrected chi connectivity index (χ1v) is 9.56. The van der Waals surface area contributed by atoms with Gasteiger partial charge in [-0.1, -0.05) is 47.6 Å². The Labute approximate surface area is 152 Å². The molecule has 136 valence electrons. The van der Waals surface area contributed by atoms with Crippen molar-refractivity contribution in [1.29, 1.82) is 0 Å². The zero-order valence-electron chi connectivity index (χ0n) is 14.2. The van der Waals surface area contributed by atoms with Crippen LogP contribution in [0.5, 0.6) is 0 Å². The van der Waals surface area contributed by atoms with Gasteiger partial charge in [-0.25, -0.2) is 13.1 Å². The molecule has 0 unspecified atom stereocenters. The minimum Gasteiger partial charge on any atom is -0.382 e. The Kier molecular flexibility index (Phi) is 5.34. The van der Waals surface area contributed by atoms with E-state index in [-0.39, 0.29) is 17.3 Å². The molecule has 0 saturated carbocycles. The van der Waals surface area contributed by atoms with E-state index in [1.807, 2.05) is 30.3 Å². The van der Waals surface area contributed by atoms with Crippen LogP contribution in [-0.4, -0.2) is 33.2 Å². The SMILES string of the molecule is CNS(=O)(=O)c1cccc(CNC(=O)[C@H]2CC(c3ccccc3)=NO2)c1. The van der Waals surface area contributed by atoms with Gasteiger partial charge in [0, 0.05) is 13.0 Å². The van der Waals surface area contributed by atoms with Gasteiger partial charge in [0.1, 0.15) is 0 Å². The minimum atomic E-state index is -3.52. The number of hydrogen-bond donors (Lipinski definition) is 2. The molecule has 0 saturated heterocycles. The fourth-order valence-electron chi connectivity index (χ4n) is 2.56. The number of nitrogens with one attached hydrogen (secondary N) is 2. The zero-order chi connectivity index (χ0) is 18.6. The maximum absolute atomic E-state index is 12.3. The fraction of sp³-hybridized carbons (Fsp3) is 0.222. The summed E-state index contributed by atoms with van der Waals surface area (Å²) in [7, 11) is -2.17. The van der Waals surface area contributed by atoms with E-state index < -0.39 is 16.1 Å². The van der Waals surface area contributed by atoms with Gasteiger partial charge in [0.15, 0.2) is 0 Å². The van der Waals surface area contributed by atoms with E-state index in [1.54, 1.807) is 12.1 Å². The van der Waals surface area contributed by atoms with Gasteiger partial charge in [-0.2, -0.15) is 0 Å². The zero-order valence-corrected chi connectivity index (χ0v) is 15.0. The van der Waals surface area contributed by atoms with Gasteiger partial charge in [0.25, 0.3) is 5.91 Å². The Hall–Kier alpha value is -2.71. The van der Waals surface area contributed by atoms with Crippen molar-refractivity contribution >= 4 is 21.6 Å². The summed E-state index contributed by atoms with van der Waals surface area (Å²) in [5.41, 5.74) is 2.33. The number of sulfonamides is 1. The smallest absolute Gasteiger partial charge is 0.264 e. The van der Waals surface area contributed by atoms with Gasteiger partial charge in [-0.15, -0.1) is 0 Å². The third kappa shape index (κ3) is 4.09. The third-order valence-electron chi connectivity index (χ3n) is 4.01. The summed E-state index contributed by atoms with van der Waals surface area (Å²) in [6.07, 6.45) is -0.293. The van der Waals surface area contributed by atoms with Crippen molar-refractivity contribution in [3.05, 3.63) is 65.7 Å². The van der Waals surface area contributed by atoms with Crippen LogP contribution < -0.4 is 10.0 Å². The summed E-state index contributed by atoms with van der Waals surface area (Å²) >= 11 is 0. The highest BCUT2D eigenvalue weighted by Crippen LogP contribution is 2.17.